The molecule has 1 aliphatic heterocycles. The highest BCUT2D eigenvalue weighted by Crippen LogP contribution is 2.41. The molecule has 1 unspecified atom stereocenters. The minimum absolute atomic E-state index is 0.0338. The zero-order valence-electron chi connectivity index (χ0n) is 14.9. The molecule has 26 heavy (non-hydrogen) atoms. The predicted molar refractivity (Wildman–Crippen MR) is 93.3 cm³/mol. The predicted octanol–water partition coefficient (Wildman–Crippen LogP) is 1.94. The van der Waals surface area contributed by atoms with Gasteiger partial charge in [-0.25, -0.2) is 4.68 Å². The molecule has 0 spiro atoms. The zero-order valence-corrected chi connectivity index (χ0v) is 14.9. The first-order valence-corrected chi connectivity index (χ1v) is 8.34. The summed E-state index contributed by atoms with van der Waals surface area (Å²) in [4.78, 5) is 24.1. The number of hydrogen-bond acceptors (Lipinski definition) is 6. The fraction of sp³-hybridized carbons (Fsp3) is 0.389. The summed E-state index contributed by atoms with van der Waals surface area (Å²) in [6.45, 7) is 3.78. The third-order valence-electron chi connectivity index (χ3n) is 4.36. The van der Waals surface area contributed by atoms with E-state index in [-0.39, 0.29) is 37.1 Å². The first-order valence-electron chi connectivity index (χ1n) is 8.34. The Morgan fingerprint density at radius 1 is 1.46 bits per heavy atom. The summed E-state index contributed by atoms with van der Waals surface area (Å²) in [5, 5.41) is 17.0. The van der Waals surface area contributed by atoms with Crippen molar-refractivity contribution in [3.05, 3.63) is 35.0 Å². The van der Waals surface area contributed by atoms with Crippen molar-refractivity contribution in [2.24, 2.45) is 0 Å². The second-order valence-electron chi connectivity index (χ2n) is 6.05. The molecule has 8 heteroatoms. The molecule has 0 saturated carbocycles. The molecular formula is C18H21N3O5. The van der Waals surface area contributed by atoms with Gasteiger partial charge in [-0.15, -0.1) is 0 Å². The van der Waals surface area contributed by atoms with Crippen molar-refractivity contribution in [3.63, 3.8) is 0 Å². The van der Waals surface area contributed by atoms with Crippen molar-refractivity contribution in [1.29, 1.82) is 0 Å². The fourth-order valence-corrected chi connectivity index (χ4v) is 3.25. The molecule has 0 bridgehead atoms. The molecule has 1 aliphatic rings. The van der Waals surface area contributed by atoms with Crippen LogP contribution in [0, 0.1) is 6.92 Å². The zero-order chi connectivity index (χ0) is 18.8. The van der Waals surface area contributed by atoms with Gasteiger partial charge >= 0.3 is 5.97 Å². The number of hydrogen-bond donors (Lipinski definition) is 2. The number of nitrogens with one attached hydrogen (secondary N) is 1. The lowest BCUT2D eigenvalue weighted by Crippen LogP contribution is -2.26. The number of esters is 1. The van der Waals surface area contributed by atoms with Gasteiger partial charge in [0, 0.05) is 17.9 Å². The van der Waals surface area contributed by atoms with Crippen LogP contribution in [-0.4, -0.2) is 40.5 Å². The van der Waals surface area contributed by atoms with Gasteiger partial charge in [-0.1, -0.05) is 6.07 Å². The molecule has 138 valence electrons. The number of phenolic OH excluding ortho intramolecular Hbond substituents is 1. The van der Waals surface area contributed by atoms with Crippen LogP contribution in [0.25, 0.3) is 0 Å². The summed E-state index contributed by atoms with van der Waals surface area (Å²) >= 11 is 0. The van der Waals surface area contributed by atoms with Crippen molar-refractivity contribution in [1.82, 2.24) is 9.78 Å². The summed E-state index contributed by atoms with van der Waals surface area (Å²) < 4.78 is 11.6. The SMILES string of the molecule is CCOC(=O)Cn1nc(C)c2c1NC(=O)CC2c1ccc(O)c(OC)c1. The Bertz CT molecular complexity index is 859. The maximum atomic E-state index is 12.3. The number of carbonyl (C=O) groups is 2. The van der Waals surface area contributed by atoms with Crippen LogP contribution in [0.4, 0.5) is 5.82 Å². The Kier molecular flexibility index (Phi) is 4.83. The van der Waals surface area contributed by atoms with Crippen LogP contribution in [0.2, 0.25) is 0 Å². The van der Waals surface area contributed by atoms with Crippen molar-refractivity contribution >= 4 is 17.7 Å². The number of aromatic hydroxyl groups is 1. The number of anilines is 1. The molecule has 1 aromatic carbocycles. The first kappa shape index (κ1) is 17.8. The van der Waals surface area contributed by atoms with Crippen LogP contribution in [0.1, 0.15) is 36.1 Å². The van der Waals surface area contributed by atoms with E-state index in [2.05, 4.69) is 10.4 Å². The van der Waals surface area contributed by atoms with Crippen LogP contribution < -0.4 is 10.1 Å². The number of fused-ring (bicyclic) bond motifs is 1. The largest absolute Gasteiger partial charge is 0.504 e. The lowest BCUT2D eigenvalue weighted by Gasteiger charge is -2.24. The van der Waals surface area contributed by atoms with E-state index in [1.54, 1.807) is 25.1 Å². The van der Waals surface area contributed by atoms with Crippen molar-refractivity contribution in [3.8, 4) is 11.5 Å². The molecule has 2 aromatic rings. The summed E-state index contributed by atoms with van der Waals surface area (Å²) in [7, 11) is 1.47. The van der Waals surface area contributed by atoms with Gasteiger partial charge in [0.1, 0.15) is 12.4 Å². The monoisotopic (exact) mass is 359 g/mol. The van der Waals surface area contributed by atoms with Gasteiger partial charge in [0.25, 0.3) is 0 Å². The number of methoxy groups -OCH3 is 1. The maximum absolute atomic E-state index is 12.3. The average Bonchev–Trinajstić information content (AvgIpc) is 2.90. The topological polar surface area (TPSA) is 103 Å². The van der Waals surface area contributed by atoms with Crippen LogP contribution in [0.15, 0.2) is 18.2 Å². The minimum Gasteiger partial charge on any atom is -0.504 e. The molecule has 1 atom stereocenters. The molecule has 3 rings (SSSR count). The van der Waals surface area contributed by atoms with Crippen LogP contribution in [-0.2, 0) is 20.9 Å². The molecule has 2 heterocycles. The van der Waals surface area contributed by atoms with E-state index in [1.807, 2.05) is 6.92 Å². The molecule has 0 radical (unpaired) electrons. The van der Waals surface area contributed by atoms with Crippen molar-refractivity contribution < 1.29 is 24.2 Å². The Morgan fingerprint density at radius 2 is 2.23 bits per heavy atom. The molecule has 1 amide bonds. The van der Waals surface area contributed by atoms with Gasteiger partial charge in [0.05, 0.1) is 19.4 Å². The molecule has 0 aliphatic carbocycles. The van der Waals surface area contributed by atoms with Crippen LogP contribution in [0.3, 0.4) is 0 Å². The first-order chi connectivity index (χ1) is 12.4. The van der Waals surface area contributed by atoms with E-state index in [9.17, 15) is 14.7 Å². The molecular weight excluding hydrogens is 338 g/mol. The van der Waals surface area contributed by atoms with Crippen molar-refractivity contribution in [2.45, 2.75) is 32.7 Å². The fourth-order valence-electron chi connectivity index (χ4n) is 3.25. The van der Waals surface area contributed by atoms with E-state index in [0.29, 0.717) is 11.6 Å². The highest BCUT2D eigenvalue weighted by molar-refractivity contribution is 5.95. The van der Waals surface area contributed by atoms with Crippen LogP contribution >= 0.6 is 0 Å². The van der Waals surface area contributed by atoms with Gasteiger partial charge in [-0.05, 0) is 31.5 Å². The number of carbonyl (C=O) groups excluding carboxylic acids is 2. The van der Waals surface area contributed by atoms with Crippen LogP contribution in [0.5, 0.6) is 11.5 Å². The lowest BCUT2D eigenvalue weighted by molar-refractivity contribution is -0.144. The van der Waals surface area contributed by atoms with E-state index in [0.717, 1.165) is 16.8 Å². The van der Waals surface area contributed by atoms with Gasteiger partial charge < -0.3 is 19.9 Å². The normalized spacial score (nSPS) is 16.0. The Hall–Kier alpha value is -3.03. The molecule has 0 saturated heterocycles. The number of aromatic nitrogens is 2. The average molecular weight is 359 g/mol. The maximum Gasteiger partial charge on any atom is 0.327 e. The second kappa shape index (κ2) is 7.07. The number of amides is 1. The third kappa shape index (κ3) is 3.22. The quantitative estimate of drug-likeness (QED) is 0.791. The van der Waals surface area contributed by atoms with Gasteiger partial charge in [-0.3, -0.25) is 9.59 Å². The van der Waals surface area contributed by atoms with Gasteiger partial charge in [0.2, 0.25) is 5.91 Å². The number of aryl methyl sites for hydroxylation is 1. The number of benzene rings is 1. The lowest BCUT2D eigenvalue weighted by atomic mass is 9.85. The number of nitrogens with zero attached hydrogens (tertiary/aromatic N) is 2. The van der Waals surface area contributed by atoms with E-state index in [1.165, 1.54) is 11.8 Å². The smallest absolute Gasteiger partial charge is 0.327 e. The van der Waals surface area contributed by atoms with Gasteiger partial charge in [0.15, 0.2) is 11.5 Å². The summed E-state index contributed by atoms with van der Waals surface area (Å²) in [5.74, 6) is 0.0473. The van der Waals surface area contributed by atoms with Crippen molar-refractivity contribution in [2.75, 3.05) is 19.0 Å². The Balaban J connectivity index is 2.03. The molecule has 1 aromatic heterocycles. The third-order valence-corrected chi connectivity index (χ3v) is 4.36. The number of rotatable bonds is 5. The standard InChI is InChI=1S/C18H21N3O5/c1-4-26-16(24)9-21-18-17(10(2)20-21)12(8-15(23)19-18)11-5-6-13(22)14(7-11)25-3/h5-7,12,22H,4,8-9H2,1-3H3,(H,19,23). The minimum atomic E-state index is -0.416. The van der Waals surface area contributed by atoms with E-state index in [4.69, 9.17) is 9.47 Å². The molecule has 8 nitrogen and oxygen atoms in total. The summed E-state index contributed by atoms with van der Waals surface area (Å²) in [6, 6.07) is 5.01. The molecule has 0 fully saturated rings. The molecule has 2 N–H and O–H groups in total. The summed E-state index contributed by atoms with van der Waals surface area (Å²) in [6.07, 6.45) is 0.243. The Labute approximate surface area is 150 Å². The number of ether oxygens (including phenoxy) is 2. The summed E-state index contributed by atoms with van der Waals surface area (Å²) in [5.41, 5.74) is 2.40. The van der Waals surface area contributed by atoms with Gasteiger partial charge in [-0.2, -0.15) is 5.10 Å². The highest BCUT2D eigenvalue weighted by Gasteiger charge is 2.33. The second-order valence-corrected chi connectivity index (χ2v) is 6.05. The van der Waals surface area contributed by atoms with E-state index < -0.39 is 5.97 Å². The van der Waals surface area contributed by atoms with E-state index >= 15 is 0 Å². The highest BCUT2D eigenvalue weighted by atomic mass is 16.5. The number of phenols is 1. The Morgan fingerprint density at radius 3 is 2.92 bits per heavy atom.